The second kappa shape index (κ2) is 1.02. The maximum atomic E-state index is 4.64. The van der Waals surface area contributed by atoms with Crippen LogP contribution in [0.15, 0.2) is 12.3 Å². The van der Waals surface area contributed by atoms with Gasteiger partial charge < -0.3 is 0 Å². The maximum absolute atomic E-state index is 4.64. The largest absolute Gasteiger partial charge is 0.314 e. The molecule has 1 aliphatic rings. The molecule has 1 rings (SSSR count). The molecule has 26 valence electrons. The van der Waals surface area contributed by atoms with Crippen molar-refractivity contribution in [1.29, 1.82) is 0 Å². The van der Waals surface area contributed by atoms with Crippen molar-refractivity contribution in [2.45, 2.75) is 6.42 Å². The smallest absolute Gasteiger partial charge is 0.229 e. The van der Waals surface area contributed by atoms with Crippen molar-refractivity contribution < 1.29 is 4.42 Å². The molecule has 0 aliphatic carbocycles. The molecule has 0 radical (unpaired) electrons. The molecule has 0 aromatic rings. The summed E-state index contributed by atoms with van der Waals surface area (Å²) in [6.45, 7) is 0. The quantitative estimate of drug-likeness (QED) is 0.292. The first-order chi connectivity index (χ1) is 2.50. The molecular formula is C4H5O+. The fraction of sp³-hybridized carbons (Fsp3) is 0.250. The number of allylic oxidation sites excluding steroid dienone is 1. The summed E-state index contributed by atoms with van der Waals surface area (Å²) < 4.78 is 4.64. The summed E-state index contributed by atoms with van der Waals surface area (Å²) in [6.07, 6.45) is 6.36. The van der Waals surface area contributed by atoms with E-state index < -0.39 is 0 Å². The Balaban J connectivity index is 2.61. The minimum absolute atomic E-state index is 0.972. The Bertz CT molecular complexity index is 61.7. The molecule has 0 amide bonds. The van der Waals surface area contributed by atoms with Crippen LogP contribution in [-0.2, 0) is 4.42 Å². The van der Waals surface area contributed by atoms with Gasteiger partial charge >= 0.3 is 6.26 Å². The van der Waals surface area contributed by atoms with Crippen LogP contribution in [0.4, 0.5) is 0 Å². The zero-order chi connectivity index (χ0) is 3.54. The van der Waals surface area contributed by atoms with E-state index in [9.17, 15) is 0 Å². The van der Waals surface area contributed by atoms with E-state index in [0.29, 0.717) is 0 Å². The first-order valence-electron chi connectivity index (χ1n) is 1.62. The Hall–Kier alpha value is -0.590. The molecule has 5 heavy (non-hydrogen) atoms. The van der Waals surface area contributed by atoms with E-state index in [0.717, 1.165) is 6.42 Å². The molecule has 0 saturated carbocycles. The topological polar surface area (TPSA) is 11.3 Å². The van der Waals surface area contributed by atoms with Gasteiger partial charge in [0.15, 0.2) is 0 Å². The molecule has 1 aliphatic heterocycles. The molecule has 0 atom stereocenters. The Labute approximate surface area is 30.6 Å². The fourth-order valence-corrected chi connectivity index (χ4v) is 0.278. The molecule has 0 N–H and O–H groups in total. The van der Waals surface area contributed by atoms with Crippen LogP contribution in [0.5, 0.6) is 0 Å². The lowest BCUT2D eigenvalue weighted by Gasteiger charge is -1.40. The van der Waals surface area contributed by atoms with Gasteiger partial charge in [-0.25, -0.2) is 4.42 Å². The lowest BCUT2D eigenvalue weighted by Crippen LogP contribution is -1.56. The molecule has 0 unspecified atom stereocenters. The number of aldehydes is 1. The Morgan fingerprint density at radius 1 is 1.60 bits per heavy atom. The normalized spacial score (nSPS) is 17.6. The van der Waals surface area contributed by atoms with Crippen LogP contribution < -0.4 is 0 Å². The number of carbonyl (C=O) groups excluding carboxylic acids is 1. The van der Waals surface area contributed by atoms with Crippen LogP contribution in [0, 0.1) is 0 Å². The van der Waals surface area contributed by atoms with Gasteiger partial charge in [0, 0.05) is 6.08 Å². The first-order valence-corrected chi connectivity index (χ1v) is 1.62. The molecular weight excluding hydrogens is 64.0 g/mol. The molecule has 1 heterocycles. The van der Waals surface area contributed by atoms with Gasteiger partial charge in [0.05, 0.1) is 6.42 Å². The van der Waals surface area contributed by atoms with Crippen LogP contribution in [-0.4, -0.2) is 6.29 Å². The van der Waals surface area contributed by atoms with Gasteiger partial charge in [0.1, 0.15) is 0 Å². The van der Waals surface area contributed by atoms with Crippen molar-refractivity contribution in [3.63, 3.8) is 0 Å². The van der Waals surface area contributed by atoms with Gasteiger partial charge in [0.2, 0.25) is 0 Å². The fourth-order valence-electron chi connectivity index (χ4n) is 0.278. The summed E-state index contributed by atoms with van der Waals surface area (Å²) >= 11 is 0. The third-order valence-corrected chi connectivity index (χ3v) is 0.503. The van der Waals surface area contributed by atoms with E-state index in [4.69, 9.17) is 0 Å². The molecule has 0 aromatic heterocycles. The van der Waals surface area contributed by atoms with Crippen LogP contribution >= 0.6 is 0 Å². The maximum Gasteiger partial charge on any atom is 0.314 e. The highest BCUT2D eigenvalue weighted by Gasteiger charge is 1.89. The summed E-state index contributed by atoms with van der Waals surface area (Å²) in [6, 6.07) is 0. The molecule has 1 heteroatoms. The van der Waals surface area contributed by atoms with Crippen molar-refractivity contribution >= 4 is 6.29 Å². The van der Waals surface area contributed by atoms with Gasteiger partial charge in [-0.1, -0.05) is 0 Å². The van der Waals surface area contributed by atoms with Crippen LogP contribution in [0.1, 0.15) is 6.42 Å². The molecule has 1 nitrogen and oxygen atoms in total. The van der Waals surface area contributed by atoms with Gasteiger partial charge in [-0.05, 0) is 0 Å². The van der Waals surface area contributed by atoms with Crippen LogP contribution in [0.25, 0.3) is 0 Å². The van der Waals surface area contributed by atoms with Crippen molar-refractivity contribution in [3.05, 3.63) is 12.3 Å². The number of hydrogen-bond acceptors (Lipinski definition) is 0. The molecule has 0 bridgehead atoms. The molecule has 0 fully saturated rings. The zero-order valence-corrected chi connectivity index (χ0v) is 2.85. The predicted molar refractivity (Wildman–Crippen MR) is 19.8 cm³/mol. The number of rotatable bonds is 0. The lowest BCUT2D eigenvalue weighted by molar-refractivity contribution is -0.363. The third kappa shape index (κ3) is 0.349. The monoisotopic (exact) mass is 69.0 g/mol. The SMILES string of the molecule is C1=C[O+]=CC1. The minimum Gasteiger partial charge on any atom is -0.229 e. The Morgan fingerprint density at radius 3 is 2.80 bits per heavy atom. The van der Waals surface area contributed by atoms with E-state index in [1.165, 1.54) is 0 Å². The van der Waals surface area contributed by atoms with Gasteiger partial charge in [-0.15, -0.1) is 0 Å². The highest BCUT2D eigenvalue weighted by molar-refractivity contribution is 5.54. The van der Waals surface area contributed by atoms with E-state index in [1.54, 1.807) is 12.5 Å². The molecule has 0 spiro atoms. The van der Waals surface area contributed by atoms with Gasteiger partial charge in [-0.2, -0.15) is 0 Å². The zero-order valence-electron chi connectivity index (χ0n) is 2.85. The van der Waals surface area contributed by atoms with Crippen molar-refractivity contribution in [1.82, 2.24) is 0 Å². The molecule has 0 aromatic carbocycles. The average molecular weight is 69.1 g/mol. The first kappa shape index (κ1) is 2.64. The summed E-state index contributed by atoms with van der Waals surface area (Å²) in [5, 5.41) is 0. The molecule has 0 saturated heterocycles. The highest BCUT2D eigenvalue weighted by Crippen LogP contribution is 1.81. The summed E-state index contributed by atoms with van der Waals surface area (Å²) in [7, 11) is 0. The average Bonchev–Trinajstić information content (AvgIpc) is 1.76. The van der Waals surface area contributed by atoms with Crippen molar-refractivity contribution in [2.24, 2.45) is 0 Å². The van der Waals surface area contributed by atoms with E-state index in [2.05, 4.69) is 4.42 Å². The Kier molecular flexibility index (Phi) is 0.537. The van der Waals surface area contributed by atoms with Crippen LogP contribution in [0.2, 0.25) is 0 Å². The van der Waals surface area contributed by atoms with Crippen molar-refractivity contribution in [3.8, 4) is 0 Å². The Morgan fingerprint density at radius 2 is 2.60 bits per heavy atom. The van der Waals surface area contributed by atoms with E-state index >= 15 is 0 Å². The second-order valence-corrected chi connectivity index (χ2v) is 0.910. The van der Waals surface area contributed by atoms with E-state index in [-0.39, 0.29) is 0 Å². The summed E-state index contributed by atoms with van der Waals surface area (Å²) in [4.78, 5) is 0. The van der Waals surface area contributed by atoms with Gasteiger partial charge in [-0.3, -0.25) is 0 Å². The van der Waals surface area contributed by atoms with Gasteiger partial charge in [0.25, 0.3) is 6.29 Å². The summed E-state index contributed by atoms with van der Waals surface area (Å²) in [5.74, 6) is 0. The third-order valence-electron chi connectivity index (χ3n) is 0.503. The van der Waals surface area contributed by atoms with Crippen LogP contribution in [0.3, 0.4) is 0 Å². The lowest BCUT2D eigenvalue weighted by atomic mass is 10.5. The highest BCUT2D eigenvalue weighted by atomic mass is 16.4. The minimum atomic E-state index is 0.972. The standard InChI is InChI=1S/C4H5O/c1-2-4-5-3-1/h1,3-4H,2H2/q+1. The van der Waals surface area contributed by atoms with Crippen molar-refractivity contribution in [2.75, 3.05) is 0 Å². The predicted octanol–water partition coefficient (Wildman–Crippen LogP) is 0.638. The second-order valence-electron chi connectivity index (χ2n) is 0.910. The number of hydrogen-bond donors (Lipinski definition) is 0. The summed E-state index contributed by atoms with van der Waals surface area (Å²) in [5.41, 5.74) is 0. The van der Waals surface area contributed by atoms with E-state index in [1.807, 2.05) is 6.08 Å².